The predicted molar refractivity (Wildman–Crippen MR) is 123 cm³/mol. The topological polar surface area (TPSA) is 37.4 Å². The minimum absolute atomic E-state index is 0.218. The van der Waals surface area contributed by atoms with Crippen molar-refractivity contribution >= 4 is 62.5 Å². The van der Waals surface area contributed by atoms with Crippen LogP contribution in [0, 0.1) is 0 Å². The fraction of sp³-hybridized carbons (Fsp3) is 0.0435. The van der Waals surface area contributed by atoms with Gasteiger partial charge in [0, 0.05) is 17.3 Å². The van der Waals surface area contributed by atoms with E-state index in [9.17, 15) is 9.59 Å². The highest BCUT2D eigenvalue weighted by Gasteiger charge is 2.34. The molecule has 0 fully saturated rings. The number of carbonyl (C=O) groups is 2. The van der Waals surface area contributed by atoms with Crippen molar-refractivity contribution in [3.8, 4) is 0 Å². The van der Waals surface area contributed by atoms with Crippen LogP contribution in [0.1, 0.15) is 19.3 Å². The van der Waals surface area contributed by atoms with Gasteiger partial charge in [-0.05, 0) is 34.3 Å². The van der Waals surface area contributed by atoms with E-state index in [1.807, 2.05) is 47.0 Å². The molecule has 0 bridgehead atoms. The van der Waals surface area contributed by atoms with E-state index in [2.05, 4.69) is 24.3 Å². The van der Waals surface area contributed by atoms with Gasteiger partial charge in [0.2, 0.25) is 11.6 Å². The van der Waals surface area contributed by atoms with Gasteiger partial charge in [-0.1, -0.05) is 54.2 Å². The van der Waals surface area contributed by atoms with Crippen LogP contribution in [0.25, 0.3) is 10.8 Å². The Labute approximate surface area is 180 Å². The Morgan fingerprint density at radius 2 is 1.45 bits per heavy atom. The van der Waals surface area contributed by atoms with Gasteiger partial charge in [0.05, 0.1) is 20.5 Å². The van der Waals surface area contributed by atoms with Crippen molar-refractivity contribution < 1.29 is 9.59 Å². The lowest BCUT2D eigenvalue weighted by molar-refractivity contribution is 0.0966. The molecule has 0 saturated carbocycles. The van der Waals surface area contributed by atoms with Crippen molar-refractivity contribution in [1.82, 2.24) is 0 Å². The molecule has 0 N–H and O–H groups in total. The Morgan fingerprint density at radius 3 is 2.07 bits per heavy atom. The first-order valence-corrected chi connectivity index (χ1v) is 11.6. The van der Waals surface area contributed by atoms with E-state index in [0.717, 1.165) is 21.4 Å². The SMILES string of the molecule is CN1C(=C(C(=O)c2cccs2)C(=O)c2cccs2)Sc2ccc3ccccc3c21. The average molecular weight is 434 g/mol. The van der Waals surface area contributed by atoms with Crippen molar-refractivity contribution in [1.29, 1.82) is 0 Å². The number of allylic oxidation sites excluding steroid dienone is 1. The smallest absolute Gasteiger partial charge is 0.209 e. The monoisotopic (exact) mass is 433 g/mol. The molecule has 2 aromatic heterocycles. The third-order valence-electron chi connectivity index (χ3n) is 4.87. The molecule has 1 aliphatic heterocycles. The van der Waals surface area contributed by atoms with Crippen molar-refractivity contribution in [2.45, 2.75) is 4.90 Å². The van der Waals surface area contributed by atoms with Gasteiger partial charge in [0.15, 0.2) is 0 Å². The maximum absolute atomic E-state index is 13.4. The number of carbonyl (C=O) groups excluding carboxylic acids is 2. The van der Waals surface area contributed by atoms with E-state index in [1.165, 1.54) is 34.4 Å². The zero-order valence-electron chi connectivity index (χ0n) is 15.4. The van der Waals surface area contributed by atoms with Gasteiger partial charge in [-0.25, -0.2) is 0 Å². The second kappa shape index (κ2) is 7.30. The molecule has 29 heavy (non-hydrogen) atoms. The van der Waals surface area contributed by atoms with E-state index >= 15 is 0 Å². The normalized spacial score (nSPS) is 13.0. The number of ketones is 2. The Bertz CT molecular complexity index is 1220. The Hall–Kier alpha value is -2.67. The first kappa shape index (κ1) is 18.4. The standard InChI is InChI=1S/C23H15NO2S3/c1-24-20-15-7-3-2-6-14(15)10-11-16(20)29-23(24)19(21(25)17-8-4-12-27-17)22(26)18-9-5-13-28-18/h2-13H,1H3. The summed E-state index contributed by atoms with van der Waals surface area (Å²) in [6.07, 6.45) is 0. The van der Waals surface area contributed by atoms with Gasteiger partial charge in [-0.3, -0.25) is 9.59 Å². The second-order valence-corrected chi connectivity index (χ2v) is 9.51. The maximum atomic E-state index is 13.4. The fourth-order valence-corrected chi connectivity index (χ4v) is 6.06. The van der Waals surface area contributed by atoms with Gasteiger partial charge in [0.1, 0.15) is 5.57 Å². The number of Topliss-reactive ketones (excluding diaryl/α,β-unsaturated/α-hetero) is 2. The van der Waals surface area contributed by atoms with Crippen molar-refractivity contribution in [3.63, 3.8) is 0 Å². The number of rotatable bonds is 4. The number of fused-ring (bicyclic) bond motifs is 3. The van der Waals surface area contributed by atoms with Gasteiger partial charge < -0.3 is 4.90 Å². The van der Waals surface area contributed by atoms with Crippen molar-refractivity contribution in [2.75, 3.05) is 11.9 Å². The molecule has 2 aromatic carbocycles. The number of hydrogen-bond donors (Lipinski definition) is 0. The van der Waals surface area contributed by atoms with Crippen LogP contribution in [-0.4, -0.2) is 18.6 Å². The summed E-state index contributed by atoms with van der Waals surface area (Å²) in [5, 5.41) is 6.66. The summed E-state index contributed by atoms with van der Waals surface area (Å²) in [6, 6.07) is 19.5. The Balaban J connectivity index is 1.71. The molecule has 4 aromatic rings. The van der Waals surface area contributed by atoms with Gasteiger partial charge in [0.25, 0.3) is 0 Å². The quantitative estimate of drug-likeness (QED) is 0.160. The van der Waals surface area contributed by atoms with Crippen molar-refractivity contribution in [2.24, 2.45) is 0 Å². The highest BCUT2D eigenvalue weighted by atomic mass is 32.2. The number of hydrogen-bond acceptors (Lipinski definition) is 6. The van der Waals surface area contributed by atoms with Crippen LogP contribution in [-0.2, 0) is 0 Å². The lowest BCUT2D eigenvalue weighted by atomic mass is 10.0. The van der Waals surface area contributed by atoms with Gasteiger partial charge in [-0.2, -0.15) is 0 Å². The molecular formula is C23H15NO2S3. The van der Waals surface area contributed by atoms with Crippen molar-refractivity contribution in [3.05, 3.63) is 91.8 Å². The molecule has 0 aliphatic carbocycles. The summed E-state index contributed by atoms with van der Waals surface area (Å²) in [5.41, 5.74) is 1.28. The molecule has 5 rings (SSSR count). The maximum Gasteiger partial charge on any atom is 0.209 e. The summed E-state index contributed by atoms with van der Waals surface area (Å²) in [6.45, 7) is 0. The van der Waals surface area contributed by atoms with E-state index < -0.39 is 0 Å². The molecule has 0 unspecified atom stereocenters. The molecule has 142 valence electrons. The van der Waals surface area contributed by atoms with Crippen LogP contribution in [0.3, 0.4) is 0 Å². The van der Waals surface area contributed by atoms with Crippen LogP contribution < -0.4 is 4.90 Å². The molecule has 3 nitrogen and oxygen atoms in total. The molecule has 0 spiro atoms. The van der Waals surface area contributed by atoms with Crippen LogP contribution >= 0.6 is 34.4 Å². The first-order valence-electron chi connectivity index (χ1n) is 8.99. The molecule has 0 radical (unpaired) electrons. The van der Waals surface area contributed by atoms with Crippen LogP contribution in [0.4, 0.5) is 5.69 Å². The summed E-state index contributed by atoms with van der Waals surface area (Å²) in [5.74, 6) is -0.435. The van der Waals surface area contributed by atoms with E-state index in [4.69, 9.17) is 0 Å². The summed E-state index contributed by atoms with van der Waals surface area (Å²) < 4.78 is 0. The minimum Gasteiger partial charge on any atom is -0.337 e. The minimum atomic E-state index is -0.218. The molecule has 0 amide bonds. The zero-order chi connectivity index (χ0) is 20.0. The lowest BCUT2D eigenvalue weighted by Gasteiger charge is -2.18. The Kier molecular flexibility index (Phi) is 4.62. The molecule has 0 saturated heterocycles. The zero-order valence-corrected chi connectivity index (χ0v) is 17.9. The van der Waals surface area contributed by atoms with Gasteiger partial charge >= 0.3 is 0 Å². The number of benzene rings is 2. The number of thiophene rings is 2. The molecule has 6 heteroatoms. The summed E-state index contributed by atoms with van der Waals surface area (Å²) in [7, 11) is 1.93. The summed E-state index contributed by atoms with van der Waals surface area (Å²) in [4.78, 5) is 31.0. The van der Waals surface area contributed by atoms with Crippen LogP contribution in [0.5, 0.6) is 0 Å². The summed E-state index contributed by atoms with van der Waals surface area (Å²) >= 11 is 4.21. The predicted octanol–water partition coefficient (Wildman–Crippen LogP) is 6.48. The average Bonchev–Trinajstić information content (AvgIpc) is 3.50. The lowest BCUT2D eigenvalue weighted by Crippen LogP contribution is -2.21. The van der Waals surface area contributed by atoms with E-state index in [-0.39, 0.29) is 17.1 Å². The highest BCUT2D eigenvalue weighted by molar-refractivity contribution is 8.03. The number of anilines is 1. The number of nitrogens with zero attached hydrogens (tertiary/aromatic N) is 1. The van der Waals surface area contributed by atoms with Gasteiger partial charge in [-0.15, -0.1) is 22.7 Å². The molecule has 1 aliphatic rings. The second-order valence-electron chi connectivity index (χ2n) is 6.59. The molecule has 0 atom stereocenters. The van der Waals surface area contributed by atoms with E-state index in [0.29, 0.717) is 14.8 Å². The Morgan fingerprint density at radius 1 is 0.793 bits per heavy atom. The van der Waals surface area contributed by atoms with E-state index in [1.54, 1.807) is 12.1 Å². The number of thioether (sulfide) groups is 1. The first-order chi connectivity index (χ1) is 14.1. The van der Waals surface area contributed by atoms with Crippen LogP contribution in [0.2, 0.25) is 0 Å². The third kappa shape index (κ3) is 3.04. The highest BCUT2D eigenvalue weighted by Crippen LogP contribution is 2.50. The fourth-order valence-electron chi connectivity index (χ4n) is 3.52. The largest absolute Gasteiger partial charge is 0.337 e. The molecular weight excluding hydrogens is 418 g/mol. The third-order valence-corrected chi connectivity index (χ3v) is 7.83. The molecule has 3 heterocycles. The van der Waals surface area contributed by atoms with Crippen LogP contribution in [0.15, 0.2) is 86.9 Å².